The average molecular weight is 559 g/mol. The van der Waals surface area contributed by atoms with E-state index >= 15 is 0 Å². The van der Waals surface area contributed by atoms with Crippen molar-refractivity contribution >= 4 is 61.6 Å². The lowest BCUT2D eigenvalue weighted by Gasteiger charge is -2.15. The second-order valence-corrected chi connectivity index (χ2v) is 10.0. The maximum absolute atomic E-state index is 13.3. The van der Waals surface area contributed by atoms with Crippen molar-refractivity contribution < 1.29 is 22.3 Å². The lowest BCUT2D eigenvalue weighted by molar-refractivity contribution is -0.115. The highest BCUT2D eigenvalue weighted by atomic mass is 35.5. The number of hydrogen-bond donors (Lipinski definition) is 4. The SMILES string of the molecule is COc1ccc(Cl)c(Nc2nc3ccccc3nc2NS(=O)(=O)c2cccc(NC(=O)CNCCF)c2)c1. The Labute approximate surface area is 223 Å². The number of amides is 1. The Morgan fingerprint density at radius 3 is 2.45 bits per heavy atom. The molecule has 0 saturated heterocycles. The van der Waals surface area contributed by atoms with Crippen molar-refractivity contribution in [3.63, 3.8) is 0 Å². The summed E-state index contributed by atoms with van der Waals surface area (Å²) >= 11 is 6.34. The van der Waals surface area contributed by atoms with Gasteiger partial charge >= 0.3 is 0 Å². The first kappa shape index (κ1) is 27.0. The second kappa shape index (κ2) is 12.0. The minimum Gasteiger partial charge on any atom is -0.497 e. The number of alkyl halides is 1. The fourth-order valence-corrected chi connectivity index (χ4v) is 4.63. The summed E-state index contributed by atoms with van der Waals surface area (Å²) in [5, 5.41) is 8.61. The van der Waals surface area contributed by atoms with Crippen LogP contribution in [-0.2, 0) is 14.8 Å². The van der Waals surface area contributed by atoms with Crippen LogP contribution in [0.1, 0.15) is 0 Å². The second-order valence-electron chi connectivity index (χ2n) is 7.93. The van der Waals surface area contributed by atoms with E-state index in [4.69, 9.17) is 16.3 Å². The quantitative estimate of drug-likeness (QED) is 0.200. The molecule has 0 aliphatic heterocycles. The normalized spacial score (nSPS) is 11.2. The molecule has 0 spiro atoms. The summed E-state index contributed by atoms with van der Waals surface area (Å²) in [4.78, 5) is 20.9. The van der Waals surface area contributed by atoms with Crippen LogP contribution in [-0.4, -0.2) is 51.2 Å². The minimum atomic E-state index is -4.17. The zero-order valence-electron chi connectivity index (χ0n) is 20.2. The average Bonchev–Trinajstić information content (AvgIpc) is 2.90. The molecule has 38 heavy (non-hydrogen) atoms. The highest BCUT2D eigenvalue weighted by Gasteiger charge is 2.20. The van der Waals surface area contributed by atoms with Crippen LogP contribution in [0.25, 0.3) is 11.0 Å². The number of fused-ring (bicyclic) bond motifs is 1. The highest BCUT2D eigenvalue weighted by molar-refractivity contribution is 7.92. The maximum atomic E-state index is 13.3. The van der Waals surface area contributed by atoms with Gasteiger partial charge in [0, 0.05) is 18.3 Å². The lowest BCUT2D eigenvalue weighted by Crippen LogP contribution is -2.29. The monoisotopic (exact) mass is 558 g/mol. The Bertz CT molecular complexity index is 1570. The van der Waals surface area contributed by atoms with Gasteiger partial charge in [-0.05, 0) is 42.5 Å². The van der Waals surface area contributed by atoms with E-state index in [2.05, 4.69) is 30.6 Å². The van der Waals surface area contributed by atoms with E-state index in [1.807, 2.05) is 0 Å². The topological polar surface area (TPSA) is 134 Å². The van der Waals surface area contributed by atoms with E-state index in [9.17, 15) is 17.6 Å². The van der Waals surface area contributed by atoms with E-state index in [1.54, 1.807) is 48.5 Å². The van der Waals surface area contributed by atoms with Gasteiger partial charge in [0.25, 0.3) is 10.0 Å². The van der Waals surface area contributed by atoms with E-state index in [0.717, 1.165) is 0 Å². The number of carbonyl (C=O) groups excluding carboxylic acids is 1. The first-order valence-corrected chi connectivity index (χ1v) is 13.2. The molecule has 4 rings (SSSR count). The summed E-state index contributed by atoms with van der Waals surface area (Å²) in [5.41, 5.74) is 1.69. The molecule has 1 aromatic heterocycles. The van der Waals surface area contributed by atoms with Crippen molar-refractivity contribution in [1.29, 1.82) is 0 Å². The Kier molecular flexibility index (Phi) is 8.56. The van der Waals surface area contributed by atoms with Crippen LogP contribution in [0.3, 0.4) is 0 Å². The minimum absolute atomic E-state index is 0.0376. The van der Waals surface area contributed by atoms with Crippen molar-refractivity contribution in [2.75, 3.05) is 42.2 Å². The molecule has 4 aromatic rings. The predicted molar refractivity (Wildman–Crippen MR) is 146 cm³/mol. The van der Waals surface area contributed by atoms with E-state index in [0.29, 0.717) is 27.5 Å². The summed E-state index contributed by atoms with van der Waals surface area (Å²) in [7, 11) is -2.65. The van der Waals surface area contributed by atoms with Gasteiger partial charge in [-0.2, -0.15) is 0 Å². The third-order valence-corrected chi connectivity index (χ3v) is 6.88. The number of carbonyl (C=O) groups is 1. The molecular weight excluding hydrogens is 535 g/mol. The number of rotatable bonds is 11. The number of ether oxygens (including phenoxy) is 1. The number of anilines is 4. The Morgan fingerprint density at radius 2 is 1.74 bits per heavy atom. The molecule has 0 saturated carbocycles. The number of sulfonamides is 1. The first-order chi connectivity index (χ1) is 18.3. The van der Waals surface area contributed by atoms with Crippen LogP contribution < -0.4 is 25.4 Å². The van der Waals surface area contributed by atoms with Gasteiger partial charge in [0.2, 0.25) is 5.91 Å². The van der Waals surface area contributed by atoms with Crippen LogP contribution in [0.15, 0.2) is 71.6 Å². The standard InChI is InChI=1S/C25H24ClFN6O4S/c1-37-17-9-10-19(26)22(14-17)32-24-25(31-21-8-3-2-7-20(21)30-24)33-38(35,36)18-6-4-5-16(13-18)29-23(34)15-28-12-11-27/h2-10,13-14,28H,11-12,15H2,1H3,(H,29,34)(H,30,32)(H,31,33). The summed E-state index contributed by atoms with van der Waals surface area (Å²) in [6.07, 6.45) is 0. The number of methoxy groups -OCH3 is 1. The molecule has 0 fully saturated rings. The number of nitrogens with zero attached hydrogens (tertiary/aromatic N) is 2. The Hall–Kier alpha value is -4.00. The summed E-state index contributed by atoms with van der Waals surface area (Å²) in [6, 6.07) is 17.7. The number of para-hydroxylation sites is 2. The van der Waals surface area contributed by atoms with E-state index in [-0.39, 0.29) is 35.3 Å². The molecule has 4 N–H and O–H groups in total. The Balaban J connectivity index is 1.65. The fraction of sp³-hybridized carbons (Fsp3) is 0.160. The van der Waals surface area contributed by atoms with Crippen LogP contribution in [0.5, 0.6) is 5.75 Å². The molecule has 0 radical (unpaired) electrons. The molecule has 3 aromatic carbocycles. The smallest absolute Gasteiger partial charge is 0.263 e. The van der Waals surface area contributed by atoms with Crippen molar-refractivity contribution in [3.05, 3.63) is 71.8 Å². The number of hydrogen-bond acceptors (Lipinski definition) is 8. The number of benzene rings is 3. The first-order valence-electron chi connectivity index (χ1n) is 11.4. The van der Waals surface area contributed by atoms with Crippen molar-refractivity contribution in [2.45, 2.75) is 4.90 Å². The molecule has 13 heteroatoms. The zero-order chi connectivity index (χ0) is 27.1. The highest BCUT2D eigenvalue weighted by Crippen LogP contribution is 2.32. The molecule has 0 bridgehead atoms. The van der Waals surface area contributed by atoms with Gasteiger partial charge in [-0.25, -0.2) is 22.8 Å². The van der Waals surface area contributed by atoms with Gasteiger partial charge in [-0.3, -0.25) is 9.52 Å². The molecule has 0 aliphatic rings. The summed E-state index contributed by atoms with van der Waals surface area (Å²) in [5.74, 6) is 0.146. The Morgan fingerprint density at radius 1 is 1.00 bits per heavy atom. The number of halogens is 2. The molecular formula is C25H24ClFN6O4S. The van der Waals surface area contributed by atoms with E-state index in [1.165, 1.54) is 25.3 Å². The van der Waals surface area contributed by atoms with Gasteiger partial charge in [-0.1, -0.05) is 29.8 Å². The van der Waals surface area contributed by atoms with Crippen LogP contribution in [0, 0.1) is 0 Å². The van der Waals surface area contributed by atoms with Crippen LogP contribution in [0.2, 0.25) is 5.02 Å². The van der Waals surface area contributed by atoms with Gasteiger partial charge < -0.3 is 20.7 Å². The number of nitrogens with one attached hydrogen (secondary N) is 4. The zero-order valence-corrected chi connectivity index (χ0v) is 21.7. The van der Waals surface area contributed by atoms with Gasteiger partial charge in [-0.15, -0.1) is 0 Å². The molecule has 198 valence electrons. The third kappa shape index (κ3) is 6.65. The molecule has 0 aliphatic carbocycles. The molecule has 0 unspecified atom stereocenters. The largest absolute Gasteiger partial charge is 0.497 e. The van der Waals surface area contributed by atoms with Crippen molar-refractivity contribution in [2.24, 2.45) is 0 Å². The maximum Gasteiger partial charge on any atom is 0.263 e. The fourth-order valence-electron chi connectivity index (χ4n) is 3.41. The molecule has 0 atom stereocenters. The summed E-state index contributed by atoms with van der Waals surface area (Å²) < 4.78 is 46.6. The summed E-state index contributed by atoms with van der Waals surface area (Å²) in [6.45, 7) is -0.686. The van der Waals surface area contributed by atoms with Gasteiger partial charge in [0.1, 0.15) is 12.4 Å². The molecule has 10 nitrogen and oxygen atoms in total. The predicted octanol–water partition coefficient (Wildman–Crippen LogP) is 4.33. The van der Waals surface area contributed by atoms with E-state index < -0.39 is 22.6 Å². The lowest BCUT2D eigenvalue weighted by atomic mass is 10.3. The molecule has 1 amide bonds. The number of aromatic nitrogens is 2. The molecule has 1 heterocycles. The van der Waals surface area contributed by atoms with Gasteiger partial charge in [0.15, 0.2) is 11.6 Å². The van der Waals surface area contributed by atoms with Crippen molar-refractivity contribution in [1.82, 2.24) is 15.3 Å². The van der Waals surface area contributed by atoms with Crippen molar-refractivity contribution in [3.8, 4) is 5.75 Å². The van der Waals surface area contributed by atoms with Gasteiger partial charge in [0.05, 0.1) is 40.3 Å². The van der Waals surface area contributed by atoms with Crippen LogP contribution in [0.4, 0.5) is 27.4 Å². The van der Waals surface area contributed by atoms with Crippen LogP contribution >= 0.6 is 11.6 Å². The third-order valence-electron chi connectivity index (χ3n) is 5.21.